The van der Waals surface area contributed by atoms with E-state index in [-0.39, 0.29) is 23.0 Å². The van der Waals surface area contributed by atoms with E-state index in [0.717, 1.165) is 39.4 Å². The molecular weight excluding hydrogens is 567 g/mol. The van der Waals surface area contributed by atoms with Gasteiger partial charge in [0.1, 0.15) is 16.4 Å². The van der Waals surface area contributed by atoms with Crippen LogP contribution in [0.15, 0.2) is 94.2 Å². The summed E-state index contributed by atoms with van der Waals surface area (Å²) in [7, 11) is 0. The number of ether oxygens (including phenoxy) is 1. The maximum Gasteiger partial charge on any atom is 0.344 e. The minimum atomic E-state index is -0.743. The molecule has 1 aliphatic heterocycles. The maximum atomic E-state index is 13.0. The van der Waals surface area contributed by atoms with Crippen LogP contribution >= 0.6 is 35.0 Å². The molecule has 0 saturated heterocycles. The van der Waals surface area contributed by atoms with Gasteiger partial charge in [-0.2, -0.15) is 0 Å². The second kappa shape index (κ2) is 11.8. The molecule has 0 unspecified atom stereocenters. The number of fused-ring (bicyclic) bond motifs is 1. The quantitative estimate of drug-likeness (QED) is 0.230. The van der Waals surface area contributed by atoms with E-state index in [4.69, 9.17) is 27.9 Å². The Bertz CT molecular complexity index is 1750. The predicted octanol–water partition coefficient (Wildman–Crippen LogP) is 8.01. The van der Waals surface area contributed by atoms with E-state index in [2.05, 4.69) is 9.56 Å². The largest absolute Gasteiger partial charge is 0.506 e. The fourth-order valence-electron chi connectivity index (χ4n) is 4.45. The molecule has 0 aliphatic carbocycles. The number of aliphatic hydroxyl groups is 1. The summed E-state index contributed by atoms with van der Waals surface area (Å²) in [4.78, 5) is 30.5. The van der Waals surface area contributed by atoms with Crippen LogP contribution in [0.1, 0.15) is 34.0 Å². The van der Waals surface area contributed by atoms with Gasteiger partial charge >= 0.3 is 5.97 Å². The average molecular weight is 592 g/mol. The van der Waals surface area contributed by atoms with E-state index >= 15 is 0 Å². The highest BCUT2D eigenvalue weighted by molar-refractivity contribution is 8.18. The van der Waals surface area contributed by atoms with E-state index in [1.54, 1.807) is 37.3 Å². The van der Waals surface area contributed by atoms with Crippen molar-refractivity contribution in [2.24, 2.45) is 4.99 Å². The van der Waals surface area contributed by atoms with Crippen molar-refractivity contribution in [3.8, 4) is 0 Å². The lowest BCUT2D eigenvalue weighted by Gasteiger charge is -2.08. The number of para-hydroxylation sites is 1. The molecule has 0 bridgehead atoms. The molecule has 4 aromatic rings. The number of aliphatic hydroxyl groups excluding tert-OH is 1. The molecule has 40 heavy (non-hydrogen) atoms. The van der Waals surface area contributed by atoms with Crippen molar-refractivity contribution in [1.82, 2.24) is 4.57 Å². The molecule has 1 aliphatic rings. The normalized spacial score (nSPS) is 15.4. The minimum absolute atomic E-state index is 0.0899. The highest BCUT2D eigenvalue weighted by Gasteiger charge is 2.34. The van der Waals surface area contributed by atoms with Crippen molar-refractivity contribution in [3.05, 3.63) is 121 Å². The number of carbonyl (C=O) groups excluding carboxylic acids is 2. The summed E-state index contributed by atoms with van der Waals surface area (Å²) in [6.07, 6.45) is 3.73. The number of esters is 1. The SMILES string of the molecule is CCOC(=O)C1=C(O)/C(=C/c2cn(Cc3ccc(Cl)cc3Cl)c3ccccc23)SC1=NC(=O)c1ccccc1C. The number of benzene rings is 3. The third kappa shape index (κ3) is 5.59. The van der Waals surface area contributed by atoms with Crippen molar-refractivity contribution in [3.63, 3.8) is 0 Å². The summed E-state index contributed by atoms with van der Waals surface area (Å²) in [5.41, 5.74) is 3.72. The zero-order valence-corrected chi connectivity index (χ0v) is 24.0. The Morgan fingerprint density at radius 1 is 1.07 bits per heavy atom. The third-order valence-electron chi connectivity index (χ3n) is 6.41. The Labute approximate surface area is 245 Å². The number of halogens is 2. The highest BCUT2D eigenvalue weighted by atomic mass is 35.5. The van der Waals surface area contributed by atoms with Gasteiger partial charge in [0.15, 0.2) is 0 Å². The summed E-state index contributed by atoms with van der Waals surface area (Å²) >= 11 is 13.6. The predicted molar refractivity (Wildman–Crippen MR) is 162 cm³/mol. The molecule has 0 atom stereocenters. The van der Waals surface area contributed by atoms with Crippen LogP contribution in [0.5, 0.6) is 0 Å². The van der Waals surface area contributed by atoms with Gasteiger partial charge in [0.05, 0.1) is 11.5 Å². The van der Waals surface area contributed by atoms with Crippen LogP contribution in [0.3, 0.4) is 0 Å². The summed E-state index contributed by atoms with van der Waals surface area (Å²) in [5, 5.41) is 13.3. The van der Waals surface area contributed by atoms with E-state index in [1.807, 2.05) is 55.6 Å². The Kier molecular flexibility index (Phi) is 8.17. The molecule has 3 aromatic carbocycles. The number of amides is 1. The lowest BCUT2D eigenvalue weighted by Crippen LogP contribution is -2.14. The summed E-state index contributed by atoms with van der Waals surface area (Å²) in [6.45, 7) is 4.10. The number of thioether (sulfide) groups is 1. The smallest absolute Gasteiger partial charge is 0.344 e. The van der Waals surface area contributed by atoms with Crippen molar-refractivity contribution in [2.75, 3.05) is 6.61 Å². The Morgan fingerprint density at radius 3 is 2.58 bits per heavy atom. The molecule has 0 fully saturated rings. The second-order valence-corrected chi connectivity index (χ2v) is 10.9. The fraction of sp³-hybridized carbons (Fsp3) is 0.129. The molecule has 202 valence electrons. The standard InChI is InChI=1S/C31H24Cl2N2O4S/c1-3-39-31(38)27-28(36)26(40-30(27)34-29(37)22-9-5-4-8-18(22)2)14-20-17-35(25-11-7-6-10-23(20)25)16-19-12-13-21(32)15-24(19)33/h4-15,17,36H,3,16H2,1-2H3/b26-14-,34-30?. The molecule has 1 aromatic heterocycles. The summed E-state index contributed by atoms with van der Waals surface area (Å²) < 4.78 is 7.24. The minimum Gasteiger partial charge on any atom is -0.506 e. The van der Waals surface area contributed by atoms with Crippen LogP contribution in [0.4, 0.5) is 0 Å². The number of carbonyl (C=O) groups is 2. The first-order valence-corrected chi connectivity index (χ1v) is 14.0. The van der Waals surface area contributed by atoms with Gasteiger partial charge in [-0.3, -0.25) is 4.79 Å². The number of hydrogen-bond donors (Lipinski definition) is 1. The zero-order chi connectivity index (χ0) is 28.4. The summed E-state index contributed by atoms with van der Waals surface area (Å²) in [5.74, 6) is -1.53. The highest BCUT2D eigenvalue weighted by Crippen LogP contribution is 2.40. The van der Waals surface area contributed by atoms with Crippen LogP contribution < -0.4 is 0 Å². The summed E-state index contributed by atoms with van der Waals surface area (Å²) in [6, 6.07) is 20.3. The van der Waals surface area contributed by atoms with Gasteiger partial charge in [0, 0.05) is 44.8 Å². The van der Waals surface area contributed by atoms with Gasteiger partial charge in [-0.05, 0) is 55.3 Å². The van der Waals surface area contributed by atoms with E-state index in [0.29, 0.717) is 27.1 Å². The first-order valence-electron chi connectivity index (χ1n) is 12.5. The van der Waals surface area contributed by atoms with Crippen molar-refractivity contribution >= 4 is 68.9 Å². The monoisotopic (exact) mass is 590 g/mol. The van der Waals surface area contributed by atoms with Gasteiger partial charge in [0.2, 0.25) is 0 Å². The van der Waals surface area contributed by atoms with Crippen LogP contribution in [0.25, 0.3) is 17.0 Å². The van der Waals surface area contributed by atoms with Gasteiger partial charge in [-0.25, -0.2) is 9.79 Å². The van der Waals surface area contributed by atoms with E-state index < -0.39 is 11.9 Å². The van der Waals surface area contributed by atoms with Gasteiger partial charge in [0.25, 0.3) is 5.91 Å². The van der Waals surface area contributed by atoms with Gasteiger partial charge in [-0.15, -0.1) is 0 Å². The van der Waals surface area contributed by atoms with E-state index in [1.165, 1.54) is 0 Å². The average Bonchev–Trinajstić information content (AvgIpc) is 3.42. The molecule has 6 nitrogen and oxygen atoms in total. The number of rotatable bonds is 6. The molecule has 0 saturated carbocycles. The number of aromatic nitrogens is 1. The van der Waals surface area contributed by atoms with Crippen LogP contribution in [0.2, 0.25) is 10.0 Å². The lowest BCUT2D eigenvalue weighted by atomic mass is 10.1. The number of aryl methyl sites for hydroxylation is 1. The molecule has 5 rings (SSSR count). The number of hydrogen-bond acceptors (Lipinski definition) is 5. The Morgan fingerprint density at radius 2 is 1.82 bits per heavy atom. The molecule has 1 amide bonds. The fourth-order valence-corrected chi connectivity index (χ4v) is 5.92. The number of aliphatic imine (C=N–C) groups is 1. The molecule has 1 N–H and O–H groups in total. The van der Waals surface area contributed by atoms with Crippen LogP contribution in [-0.4, -0.2) is 33.2 Å². The van der Waals surface area contributed by atoms with Crippen molar-refractivity contribution in [1.29, 1.82) is 0 Å². The maximum absolute atomic E-state index is 13.0. The zero-order valence-electron chi connectivity index (χ0n) is 21.7. The van der Waals surface area contributed by atoms with Crippen molar-refractivity contribution in [2.45, 2.75) is 20.4 Å². The molecule has 9 heteroatoms. The second-order valence-electron chi connectivity index (χ2n) is 9.06. The first-order chi connectivity index (χ1) is 19.3. The number of nitrogens with zero attached hydrogens (tertiary/aromatic N) is 2. The van der Waals surface area contributed by atoms with Crippen molar-refractivity contribution < 1.29 is 19.4 Å². The van der Waals surface area contributed by atoms with Crippen LogP contribution in [-0.2, 0) is 16.1 Å². The molecule has 0 spiro atoms. The topological polar surface area (TPSA) is 80.9 Å². The molecule has 2 heterocycles. The Hall–Kier alpha value is -3.78. The molecule has 0 radical (unpaired) electrons. The van der Waals surface area contributed by atoms with Gasteiger partial charge < -0.3 is 14.4 Å². The van der Waals surface area contributed by atoms with E-state index in [9.17, 15) is 14.7 Å². The first kappa shape index (κ1) is 27.8. The van der Waals surface area contributed by atoms with Gasteiger partial charge in [-0.1, -0.05) is 77.4 Å². The Balaban J connectivity index is 1.56. The lowest BCUT2D eigenvalue weighted by molar-refractivity contribution is -0.138. The molecular formula is C31H24Cl2N2O4S. The van der Waals surface area contributed by atoms with Crippen LogP contribution in [0, 0.1) is 6.92 Å². The third-order valence-corrected chi connectivity index (χ3v) is 8.02.